The van der Waals surface area contributed by atoms with Crippen LogP contribution < -0.4 is 5.32 Å². The predicted octanol–water partition coefficient (Wildman–Crippen LogP) is 1.45. The zero-order valence-corrected chi connectivity index (χ0v) is 15.4. The molecule has 8 heteroatoms. The Morgan fingerprint density at radius 3 is 2.21 bits per heavy atom. The van der Waals surface area contributed by atoms with Crippen molar-refractivity contribution in [2.24, 2.45) is 0 Å². The van der Waals surface area contributed by atoms with E-state index in [0.29, 0.717) is 37.4 Å². The smallest absolute Gasteiger partial charge is 0.274 e. The number of anilines is 1. The van der Waals surface area contributed by atoms with Crippen molar-refractivity contribution < 1.29 is 19.2 Å². The molecule has 28 heavy (non-hydrogen) atoms. The molecule has 3 amide bonds. The Kier molecular flexibility index (Phi) is 5.78. The van der Waals surface area contributed by atoms with Crippen molar-refractivity contribution in [3.05, 3.63) is 59.4 Å². The van der Waals surface area contributed by atoms with Crippen LogP contribution in [0.1, 0.15) is 38.3 Å². The van der Waals surface area contributed by atoms with Crippen molar-refractivity contribution in [3.63, 3.8) is 0 Å². The van der Waals surface area contributed by atoms with Crippen LogP contribution >= 0.6 is 0 Å². The van der Waals surface area contributed by atoms with Crippen LogP contribution in [-0.4, -0.2) is 65.0 Å². The van der Waals surface area contributed by atoms with Crippen LogP contribution in [0.4, 0.5) is 5.69 Å². The van der Waals surface area contributed by atoms with Gasteiger partial charge in [-0.05, 0) is 43.3 Å². The Morgan fingerprint density at radius 1 is 0.964 bits per heavy atom. The van der Waals surface area contributed by atoms with Crippen LogP contribution in [0, 0.1) is 0 Å². The van der Waals surface area contributed by atoms with Crippen LogP contribution in [0.15, 0.2) is 42.5 Å². The number of ketones is 1. The van der Waals surface area contributed by atoms with Gasteiger partial charge in [-0.15, -0.1) is 0 Å². The minimum Gasteiger partial charge on any atom is -0.342 e. The van der Waals surface area contributed by atoms with Gasteiger partial charge in [0.05, 0.1) is 0 Å². The molecule has 0 unspecified atom stereocenters. The van der Waals surface area contributed by atoms with Crippen LogP contribution in [0.5, 0.6) is 0 Å². The first-order valence-corrected chi connectivity index (χ1v) is 8.86. The Labute approximate surface area is 162 Å². The molecule has 1 aliphatic heterocycles. The molecule has 0 atom stereocenters. The second-order valence-electron chi connectivity index (χ2n) is 6.43. The molecule has 2 heterocycles. The lowest BCUT2D eigenvalue weighted by atomic mass is 10.1. The van der Waals surface area contributed by atoms with Crippen molar-refractivity contribution in [3.8, 4) is 0 Å². The van der Waals surface area contributed by atoms with Crippen molar-refractivity contribution in [2.75, 3.05) is 31.5 Å². The molecule has 1 aromatic carbocycles. The molecule has 8 nitrogen and oxygen atoms in total. The summed E-state index contributed by atoms with van der Waals surface area (Å²) >= 11 is 0. The lowest BCUT2D eigenvalue weighted by Crippen LogP contribution is -2.48. The number of hydrogen-bond acceptors (Lipinski definition) is 5. The third-order valence-electron chi connectivity index (χ3n) is 4.50. The van der Waals surface area contributed by atoms with Crippen molar-refractivity contribution in [1.82, 2.24) is 14.8 Å². The normalized spacial score (nSPS) is 13.8. The van der Waals surface area contributed by atoms with Gasteiger partial charge in [0.25, 0.3) is 11.8 Å². The topological polar surface area (TPSA) is 99.7 Å². The minimum absolute atomic E-state index is 0.0558. The summed E-state index contributed by atoms with van der Waals surface area (Å²) in [4.78, 5) is 54.6. The third-order valence-corrected chi connectivity index (χ3v) is 4.50. The van der Waals surface area contributed by atoms with E-state index >= 15 is 0 Å². The zero-order chi connectivity index (χ0) is 20.1. The number of rotatable bonds is 5. The van der Waals surface area contributed by atoms with Crippen LogP contribution in [0.3, 0.4) is 0 Å². The standard InChI is InChI=1S/C20H20N4O4/c1-14(26)15-5-7-16(8-6-15)21-19(27)17-3-2-4-18(22-17)20(28)24-11-9-23(13-25)10-12-24/h2-8,13H,9-12H2,1H3,(H,21,27). The maximum Gasteiger partial charge on any atom is 0.274 e. The first kappa shape index (κ1) is 19.2. The number of Topliss-reactive ketones (excluding diaryl/α,β-unsaturated/α-hetero) is 1. The summed E-state index contributed by atoms with van der Waals surface area (Å²) in [5, 5.41) is 2.70. The van der Waals surface area contributed by atoms with Gasteiger partial charge in [-0.1, -0.05) is 6.07 Å². The molecule has 0 saturated carbocycles. The summed E-state index contributed by atoms with van der Waals surface area (Å²) in [5.41, 5.74) is 1.38. The van der Waals surface area contributed by atoms with Crippen LogP contribution in [-0.2, 0) is 4.79 Å². The van der Waals surface area contributed by atoms with Gasteiger partial charge < -0.3 is 15.1 Å². The summed E-state index contributed by atoms with van der Waals surface area (Å²) in [6, 6.07) is 11.2. The molecule has 0 aliphatic carbocycles. The van der Waals surface area contributed by atoms with Crippen molar-refractivity contribution in [2.45, 2.75) is 6.92 Å². The second-order valence-corrected chi connectivity index (χ2v) is 6.43. The van der Waals surface area contributed by atoms with Gasteiger partial charge in [0, 0.05) is 37.4 Å². The number of amides is 3. The minimum atomic E-state index is -0.448. The van der Waals surface area contributed by atoms with E-state index in [1.165, 1.54) is 13.0 Å². The number of hydrogen-bond donors (Lipinski definition) is 1. The Morgan fingerprint density at radius 2 is 1.61 bits per heavy atom. The molecule has 0 radical (unpaired) electrons. The monoisotopic (exact) mass is 380 g/mol. The number of carbonyl (C=O) groups is 4. The highest BCUT2D eigenvalue weighted by Gasteiger charge is 2.23. The second kappa shape index (κ2) is 8.43. The molecular weight excluding hydrogens is 360 g/mol. The molecule has 2 aromatic rings. The largest absolute Gasteiger partial charge is 0.342 e. The van der Waals surface area contributed by atoms with Gasteiger partial charge in [0.1, 0.15) is 11.4 Å². The van der Waals surface area contributed by atoms with Gasteiger partial charge in [-0.3, -0.25) is 19.2 Å². The Hall–Kier alpha value is -3.55. The fourth-order valence-electron chi connectivity index (χ4n) is 2.86. The van der Waals surface area contributed by atoms with E-state index in [2.05, 4.69) is 10.3 Å². The van der Waals surface area contributed by atoms with Crippen molar-refractivity contribution >= 4 is 29.7 Å². The van der Waals surface area contributed by atoms with E-state index in [9.17, 15) is 19.2 Å². The van der Waals surface area contributed by atoms with E-state index < -0.39 is 5.91 Å². The SMILES string of the molecule is CC(=O)c1ccc(NC(=O)c2cccc(C(=O)N3CCN(C=O)CC3)n2)cc1. The first-order valence-electron chi connectivity index (χ1n) is 8.86. The van der Waals surface area contributed by atoms with Gasteiger partial charge in [0.15, 0.2) is 5.78 Å². The molecule has 1 fully saturated rings. The average Bonchev–Trinajstić information content (AvgIpc) is 2.73. The summed E-state index contributed by atoms with van der Waals surface area (Å²) < 4.78 is 0. The summed E-state index contributed by atoms with van der Waals surface area (Å²) in [5.74, 6) is -0.776. The number of carbonyl (C=O) groups excluding carboxylic acids is 4. The fourth-order valence-corrected chi connectivity index (χ4v) is 2.86. The first-order chi connectivity index (χ1) is 13.5. The number of nitrogens with zero attached hydrogens (tertiary/aromatic N) is 3. The Bertz CT molecular complexity index is 903. The molecule has 0 bridgehead atoms. The number of benzene rings is 1. The lowest BCUT2D eigenvalue weighted by molar-refractivity contribution is -0.119. The zero-order valence-electron chi connectivity index (χ0n) is 15.4. The highest BCUT2D eigenvalue weighted by Crippen LogP contribution is 2.12. The molecule has 0 spiro atoms. The van der Waals surface area contributed by atoms with E-state index in [-0.39, 0.29) is 23.1 Å². The molecule has 1 aromatic heterocycles. The van der Waals surface area contributed by atoms with Crippen molar-refractivity contribution in [1.29, 1.82) is 0 Å². The van der Waals surface area contributed by atoms with Gasteiger partial charge in [0.2, 0.25) is 6.41 Å². The van der Waals surface area contributed by atoms with E-state index in [0.717, 1.165) is 6.41 Å². The van der Waals surface area contributed by atoms with Gasteiger partial charge in [-0.25, -0.2) is 4.98 Å². The van der Waals surface area contributed by atoms with Crippen LogP contribution in [0.25, 0.3) is 0 Å². The molecule has 144 valence electrons. The maximum atomic E-state index is 12.6. The molecule has 3 rings (SSSR count). The quantitative estimate of drug-likeness (QED) is 0.625. The summed E-state index contributed by atoms with van der Waals surface area (Å²) in [6.07, 6.45) is 0.772. The number of aromatic nitrogens is 1. The van der Waals surface area contributed by atoms with E-state index in [1.54, 1.807) is 46.2 Å². The van der Waals surface area contributed by atoms with E-state index in [1.807, 2.05) is 0 Å². The highest BCUT2D eigenvalue weighted by molar-refractivity contribution is 6.04. The fraction of sp³-hybridized carbons (Fsp3) is 0.250. The molecule has 1 saturated heterocycles. The summed E-state index contributed by atoms with van der Waals surface area (Å²) in [6.45, 7) is 3.28. The number of nitrogens with one attached hydrogen (secondary N) is 1. The maximum absolute atomic E-state index is 12.6. The third kappa shape index (κ3) is 4.40. The average molecular weight is 380 g/mol. The molecular formula is C20H20N4O4. The highest BCUT2D eigenvalue weighted by atomic mass is 16.2. The van der Waals surface area contributed by atoms with Crippen LogP contribution in [0.2, 0.25) is 0 Å². The van der Waals surface area contributed by atoms with Gasteiger partial charge >= 0.3 is 0 Å². The van der Waals surface area contributed by atoms with Gasteiger partial charge in [-0.2, -0.15) is 0 Å². The number of piperazine rings is 1. The van der Waals surface area contributed by atoms with E-state index in [4.69, 9.17) is 0 Å². The predicted molar refractivity (Wildman–Crippen MR) is 102 cm³/mol. The number of pyridine rings is 1. The molecule has 1 N–H and O–H groups in total. The summed E-state index contributed by atoms with van der Waals surface area (Å²) in [7, 11) is 0. The molecule has 1 aliphatic rings. The Balaban J connectivity index is 1.68. The lowest BCUT2D eigenvalue weighted by Gasteiger charge is -2.32.